The lowest BCUT2D eigenvalue weighted by molar-refractivity contribution is 1.28. The summed E-state index contributed by atoms with van der Waals surface area (Å²) in [5.74, 6) is 0. The Morgan fingerprint density at radius 3 is 0.819 bits per heavy atom. The van der Waals surface area contributed by atoms with Crippen molar-refractivity contribution in [2.24, 2.45) is 0 Å². The number of anilines is 6. The Morgan fingerprint density at radius 2 is 0.444 bits per heavy atom. The molecule has 2 nitrogen and oxygen atoms in total. The third kappa shape index (κ3) is 9.09. The van der Waals surface area contributed by atoms with Gasteiger partial charge >= 0.3 is 0 Å². The molecule has 0 aliphatic heterocycles. The van der Waals surface area contributed by atoms with E-state index in [0.29, 0.717) is 0 Å². The smallest absolute Gasteiger partial charge is 0.0540 e. The molecule has 0 saturated carbocycles. The average Bonchev–Trinajstić information content (AvgIpc) is 3.47. The van der Waals surface area contributed by atoms with Gasteiger partial charge in [0.05, 0.1) is 5.69 Å². The summed E-state index contributed by atoms with van der Waals surface area (Å²) < 4.78 is 0. The van der Waals surface area contributed by atoms with Gasteiger partial charge in [0.15, 0.2) is 0 Å². The molecule has 0 bridgehead atoms. The van der Waals surface area contributed by atoms with Gasteiger partial charge in [0.1, 0.15) is 0 Å². The van der Waals surface area contributed by atoms with Crippen LogP contribution in [-0.4, -0.2) is 0 Å². The average molecular weight is 919 g/mol. The molecule has 0 saturated heterocycles. The summed E-state index contributed by atoms with van der Waals surface area (Å²) in [6.07, 6.45) is 0. The van der Waals surface area contributed by atoms with Crippen LogP contribution in [0.5, 0.6) is 0 Å². The van der Waals surface area contributed by atoms with Crippen molar-refractivity contribution < 1.29 is 0 Å². The van der Waals surface area contributed by atoms with Crippen LogP contribution >= 0.6 is 0 Å². The largest absolute Gasteiger partial charge is 0.310 e. The van der Waals surface area contributed by atoms with Crippen LogP contribution in [-0.2, 0) is 0 Å². The maximum Gasteiger partial charge on any atom is 0.0540 e. The Labute approximate surface area is 422 Å². The molecule has 12 aromatic rings. The van der Waals surface area contributed by atoms with E-state index in [9.17, 15) is 0 Å². The number of nitrogens with zero attached hydrogens (tertiary/aromatic N) is 2. The Kier molecular flexibility index (Phi) is 12.1. The molecule has 0 aromatic heterocycles. The predicted octanol–water partition coefficient (Wildman–Crippen LogP) is 19.8. The van der Waals surface area contributed by atoms with Gasteiger partial charge in [-0.05, 0) is 151 Å². The number of hydrogen-bond donors (Lipinski definition) is 0. The van der Waals surface area contributed by atoms with Crippen molar-refractivity contribution >= 4 is 44.9 Å². The van der Waals surface area contributed by atoms with Gasteiger partial charge in [-0.1, -0.05) is 224 Å². The van der Waals surface area contributed by atoms with Crippen molar-refractivity contribution in [3.63, 3.8) is 0 Å². The molecule has 0 N–H and O–H groups in total. The Morgan fingerprint density at radius 1 is 0.167 bits per heavy atom. The summed E-state index contributed by atoms with van der Waals surface area (Å²) >= 11 is 0. The lowest BCUT2D eigenvalue weighted by atomic mass is 9.96. The molecule has 0 radical (unpaired) electrons. The first kappa shape index (κ1) is 43.8. The second-order valence-corrected chi connectivity index (χ2v) is 18.2. The Balaban J connectivity index is 0.950. The number of hydrogen-bond acceptors (Lipinski definition) is 2. The van der Waals surface area contributed by atoms with E-state index in [-0.39, 0.29) is 0 Å². The highest BCUT2D eigenvalue weighted by molar-refractivity contribution is 6.00. The van der Waals surface area contributed by atoms with E-state index in [1.54, 1.807) is 0 Å². The first-order chi connectivity index (χ1) is 35.7. The minimum absolute atomic E-state index is 1.07. The van der Waals surface area contributed by atoms with Crippen LogP contribution in [0.25, 0.3) is 77.5 Å². The fourth-order valence-corrected chi connectivity index (χ4v) is 9.99. The molecule has 0 fully saturated rings. The first-order valence-corrected chi connectivity index (χ1v) is 24.6. The summed E-state index contributed by atoms with van der Waals surface area (Å²) in [5, 5.41) is 2.39. The van der Waals surface area contributed by atoms with Crippen LogP contribution in [0.3, 0.4) is 0 Å². The molecule has 72 heavy (non-hydrogen) atoms. The number of rotatable bonds is 12. The molecule has 0 amide bonds. The lowest BCUT2D eigenvalue weighted by Crippen LogP contribution is -2.11. The molecule has 2 heteroatoms. The fraction of sp³-hybridized carbons (Fsp3) is 0. The van der Waals surface area contributed by atoms with Crippen molar-refractivity contribution in [2.45, 2.75) is 0 Å². The van der Waals surface area contributed by atoms with Crippen LogP contribution in [0.2, 0.25) is 0 Å². The zero-order valence-electron chi connectivity index (χ0n) is 39.8. The van der Waals surface area contributed by atoms with Gasteiger partial charge in [-0.3, -0.25) is 0 Å². The lowest BCUT2D eigenvalue weighted by Gasteiger charge is -2.28. The summed E-state index contributed by atoms with van der Waals surface area (Å²) in [6.45, 7) is 0. The van der Waals surface area contributed by atoms with Crippen molar-refractivity contribution in [3.8, 4) is 66.8 Å². The van der Waals surface area contributed by atoms with Crippen molar-refractivity contribution in [1.82, 2.24) is 0 Å². The summed E-state index contributed by atoms with van der Waals surface area (Å²) in [5.41, 5.74) is 20.5. The van der Waals surface area contributed by atoms with Gasteiger partial charge in [-0.15, -0.1) is 0 Å². The topological polar surface area (TPSA) is 6.48 Å². The Bertz CT molecular complexity index is 3620. The quantitative estimate of drug-likeness (QED) is 0.120. The van der Waals surface area contributed by atoms with E-state index in [2.05, 4.69) is 313 Å². The van der Waals surface area contributed by atoms with E-state index in [4.69, 9.17) is 0 Å². The zero-order valence-corrected chi connectivity index (χ0v) is 39.8. The molecular weight excluding hydrogens is 869 g/mol. The summed E-state index contributed by atoms with van der Waals surface area (Å²) in [7, 11) is 0. The molecule has 0 spiro atoms. The van der Waals surface area contributed by atoms with Gasteiger partial charge in [0, 0.05) is 33.8 Å². The maximum atomic E-state index is 2.42. The highest BCUT2D eigenvalue weighted by atomic mass is 15.1. The van der Waals surface area contributed by atoms with Gasteiger partial charge in [-0.25, -0.2) is 0 Å². The number of benzene rings is 12. The van der Waals surface area contributed by atoms with Crippen molar-refractivity contribution in [3.05, 3.63) is 303 Å². The molecule has 12 aromatic carbocycles. The molecule has 0 atom stereocenters. The molecule has 340 valence electrons. The van der Waals surface area contributed by atoms with Crippen LogP contribution in [0.1, 0.15) is 0 Å². The SMILES string of the molecule is c1ccc(-c2ccc(N(c3ccc(-c4ccc(N(c5cc(-c6ccccc6)cc(-c6ccccc6)c5)c5cccc6ccccc56)cc4)cc3)c3cc(-c4ccccc4)cc(-c4ccccc4)c3)cc2)cc1. The van der Waals surface area contributed by atoms with Crippen molar-refractivity contribution in [1.29, 1.82) is 0 Å². The van der Waals surface area contributed by atoms with Gasteiger partial charge in [0.25, 0.3) is 0 Å². The number of fused-ring (bicyclic) bond motifs is 1. The second-order valence-electron chi connectivity index (χ2n) is 18.2. The highest BCUT2D eigenvalue weighted by Gasteiger charge is 2.20. The van der Waals surface area contributed by atoms with E-state index >= 15 is 0 Å². The van der Waals surface area contributed by atoms with Crippen LogP contribution in [0, 0.1) is 0 Å². The van der Waals surface area contributed by atoms with Gasteiger partial charge < -0.3 is 9.80 Å². The maximum absolute atomic E-state index is 2.42. The molecule has 12 rings (SSSR count). The molecule has 0 aliphatic carbocycles. The Hall–Kier alpha value is -9.50. The van der Waals surface area contributed by atoms with E-state index in [1.165, 1.54) is 44.2 Å². The van der Waals surface area contributed by atoms with Crippen LogP contribution < -0.4 is 9.80 Å². The molecule has 0 aliphatic rings. The standard InChI is InChI=1S/C70H50N2/c1-6-19-51(20-7-1)56-33-39-64(40-34-56)71(67-47-60(52-21-8-2-9-22-52)45-61(48-67)53-23-10-3-11-24-53)65-41-35-57(36-42-65)58-37-43-66(44-38-58)72(70-32-18-30-59-29-16-17-31-69(59)70)68-49-62(54-25-12-4-13-26-54)46-63(50-68)55-27-14-5-15-28-55/h1-50H. The minimum atomic E-state index is 1.07. The summed E-state index contributed by atoms with van der Waals surface area (Å²) in [4.78, 5) is 4.80. The fourth-order valence-electron chi connectivity index (χ4n) is 9.99. The first-order valence-electron chi connectivity index (χ1n) is 24.6. The van der Waals surface area contributed by atoms with Crippen LogP contribution in [0.15, 0.2) is 303 Å². The zero-order chi connectivity index (χ0) is 48.1. The highest BCUT2D eigenvalue weighted by Crippen LogP contribution is 2.44. The second kappa shape index (κ2) is 19.8. The molecule has 0 unspecified atom stereocenters. The summed E-state index contributed by atoms with van der Waals surface area (Å²) in [6, 6.07) is 110. The van der Waals surface area contributed by atoms with Crippen molar-refractivity contribution in [2.75, 3.05) is 9.80 Å². The molecular formula is C70H50N2. The molecule has 0 heterocycles. The third-order valence-corrected chi connectivity index (χ3v) is 13.6. The van der Waals surface area contributed by atoms with Gasteiger partial charge in [0.2, 0.25) is 0 Å². The van der Waals surface area contributed by atoms with Crippen LogP contribution in [0.4, 0.5) is 34.1 Å². The predicted molar refractivity (Wildman–Crippen MR) is 306 cm³/mol. The monoisotopic (exact) mass is 918 g/mol. The van der Waals surface area contributed by atoms with E-state index < -0.39 is 0 Å². The van der Waals surface area contributed by atoms with E-state index in [1.807, 2.05) is 0 Å². The minimum Gasteiger partial charge on any atom is -0.310 e. The van der Waals surface area contributed by atoms with E-state index in [0.717, 1.165) is 67.5 Å². The van der Waals surface area contributed by atoms with Gasteiger partial charge in [-0.2, -0.15) is 0 Å². The third-order valence-electron chi connectivity index (χ3n) is 13.6. The normalized spacial score (nSPS) is 11.1.